The van der Waals surface area contributed by atoms with Gasteiger partial charge in [0.25, 0.3) is 0 Å². The Balaban J connectivity index is 2.50. The van der Waals surface area contributed by atoms with Gasteiger partial charge in [-0.2, -0.15) is 5.10 Å². The van der Waals surface area contributed by atoms with Gasteiger partial charge in [0.1, 0.15) is 0 Å². The Morgan fingerprint density at radius 1 is 1.82 bits per heavy atom. The molecule has 1 aromatic rings. The molecule has 0 aliphatic rings. The van der Waals surface area contributed by atoms with Gasteiger partial charge in [0.05, 0.1) is 24.2 Å². The van der Waals surface area contributed by atoms with Crippen LogP contribution in [-0.4, -0.2) is 26.9 Å². The molecule has 0 amide bonds. The Bertz CT molecular complexity index is 224. The van der Waals surface area contributed by atoms with Crippen LogP contribution in [0.3, 0.4) is 0 Å². The van der Waals surface area contributed by atoms with Crippen molar-refractivity contribution in [2.24, 2.45) is 0 Å². The smallest absolute Gasteiger partial charge is 0.0871 e. The van der Waals surface area contributed by atoms with E-state index in [1.54, 1.807) is 4.68 Å². The van der Waals surface area contributed by atoms with Crippen molar-refractivity contribution in [3.8, 4) is 0 Å². The number of aromatic nitrogens is 2. The molecule has 0 aliphatic carbocycles. The normalized spacial score (nSPS) is 13.4. The molecule has 1 aromatic heterocycles. The zero-order chi connectivity index (χ0) is 8.27. The molecule has 0 spiro atoms. The monoisotopic (exact) mass is 174 g/mol. The summed E-state index contributed by atoms with van der Waals surface area (Å²) in [4.78, 5) is 0. The first-order chi connectivity index (χ1) is 5.22. The number of aliphatic hydroxyl groups excluding tert-OH is 1. The number of alkyl halides is 1. The summed E-state index contributed by atoms with van der Waals surface area (Å²) >= 11 is 5.42. The molecule has 0 aromatic carbocycles. The van der Waals surface area contributed by atoms with E-state index >= 15 is 0 Å². The van der Waals surface area contributed by atoms with E-state index in [0.29, 0.717) is 6.54 Å². The fourth-order valence-corrected chi connectivity index (χ4v) is 0.927. The third-order valence-electron chi connectivity index (χ3n) is 1.35. The highest BCUT2D eigenvalue weighted by atomic mass is 35.5. The molecular formula is C7H11ClN2O. The van der Waals surface area contributed by atoms with Crippen molar-refractivity contribution in [3.05, 3.63) is 18.0 Å². The molecule has 1 atom stereocenters. The number of aryl methyl sites for hydroxylation is 1. The Kier molecular flexibility index (Phi) is 2.91. The predicted molar refractivity (Wildman–Crippen MR) is 43.7 cm³/mol. The summed E-state index contributed by atoms with van der Waals surface area (Å²) in [7, 11) is 0. The van der Waals surface area contributed by atoms with Gasteiger partial charge in [-0.1, -0.05) is 0 Å². The van der Waals surface area contributed by atoms with Crippen molar-refractivity contribution in [3.63, 3.8) is 0 Å². The Morgan fingerprint density at radius 3 is 3.00 bits per heavy atom. The van der Waals surface area contributed by atoms with E-state index in [9.17, 15) is 0 Å². The lowest BCUT2D eigenvalue weighted by molar-refractivity contribution is 0.171. The maximum atomic E-state index is 9.13. The molecule has 0 saturated carbocycles. The van der Waals surface area contributed by atoms with E-state index in [2.05, 4.69) is 5.10 Å². The van der Waals surface area contributed by atoms with E-state index in [1.807, 2.05) is 19.2 Å². The first-order valence-electron chi connectivity index (χ1n) is 3.46. The molecule has 0 aliphatic heterocycles. The van der Waals surface area contributed by atoms with Gasteiger partial charge < -0.3 is 5.11 Å². The average molecular weight is 175 g/mol. The fourth-order valence-electron chi connectivity index (χ4n) is 0.830. The van der Waals surface area contributed by atoms with E-state index in [-0.39, 0.29) is 5.88 Å². The SMILES string of the molecule is Cc1ccn(CC(O)CCl)n1. The number of hydrogen-bond donors (Lipinski definition) is 1. The molecule has 0 fully saturated rings. The largest absolute Gasteiger partial charge is 0.390 e. The second-order valence-electron chi connectivity index (χ2n) is 2.49. The van der Waals surface area contributed by atoms with Crippen molar-refractivity contribution in [1.29, 1.82) is 0 Å². The molecule has 62 valence electrons. The number of nitrogens with zero attached hydrogens (tertiary/aromatic N) is 2. The van der Waals surface area contributed by atoms with Crippen LogP contribution in [0.5, 0.6) is 0 Å². The number of halogens is 1. The van der Waals surface area contributed by atoms with Gasteiger partial charge in [-0.25, -0.2) is 0 Å². The molecule has 1 rings (SSSR count). The summed E-state index contributed by atoms with van der Waals surface area (Å²) in [6.45, 7) is 2.38. The molecule has 1 heterocycles. The van der Waals surface area contributed by atoms with Gasteiger partial charge in [-0.3, -0.25) is 4.68 Å². The van der Waals surface area contributed by atoms with Crippen molar-refractivity contribution in [2.45, 2.75) is 19.6 Å². The molecule has 0 saturated heterocycles. The van der Waals surface area contributed by atoms with Crippen molar-refractivity contribution in [1.82, 2.24) is 9.78 Å². The van der Waals surface area contributed by atoms with Gasteiger partial charge in [-0.05, 0) is 13.0 Å². The number of aliphatic hydroxyl groups is 1. The minimum Gasteiger partial charge on any atom is -0.390 e. The van der Waals surface area contributed by atoms with Gasteiger partial charge >= 0.3 is 0 Å². The Hall–Kier alpha value is -0.540. The van der Waals surface area contributed by atoms with Crippen LogP contribution in [0.2, 0.25) is 0 Å². The number of hydrogen-bond acceptors (Lipinski definition) is 2. The highest BCUT2D eigenvalue weighted by Crippen LogP contribution is 1.96. The van der Waals surface area contributed by atoms with Crippen LogP contribution in [0.4, 0.5) is 0 Å². The maximum absolute atomic E-state index is 9.13. The standard InChI is InChI=1S/C7H11ClN2O/c1-6-2-3-10(9-6)5-7(11)4-8/h2-3,7,11H,4-5H2,1H3. The number of rotatable bonds is 3. The average Bonchev–Trinajstić information content (AvgIpc) is 2.35. The summed E-state index contributed by atoms with van der Waals surface area (Å²) in [5, 5.41) is 13.2. The highest BCUT2D eigenvalue weighted by Gasteiger charge is 2.02. The van der Waals surface area contributed by atoms with Crippen LogP contribution >= 0.6 is 11.6 Å². The second-order valence-corrected chi connectivity index (χ2v) is 2.80. The highest BCUT2D eigenvalue weighted by molar-refractivity contribution is 6.18. The summed E-state index contributed by atoms with van der Waals surface area (Å²) in [5.74, 6) is 0.249. The molecule has 1 N–H and O–H groups in total. The second kappa shape index (κ2) is 3.74. The first-order valence-corrected chi connectivity index (χ1v) is 4.00. The summed E-state index contributed by atoms with van der Waals surface area (Å²) < 4.78 is 1.68. The molecule has 3 nitrogen and oxygen atoms in total. The third-order valence-corrected chi connectivity index (χ3v) is 1.71. The quantitative estimate of drug-likeness (QED) is 0.689. The molecule has 0 bridgehead atoms. The van der Waals surface area contributed by atoms with Gasteiger partial charge in [0.15, 0.2) is 0 Å². The summed E-state index contributed by atoms with van der Waals surface area (Å²) in [5.41, 5.74) is 0.951. The fraction of sp³-hybridized carbons (Fsp3) is 0.571. The van der Waals surface area contributed by atoms with E-state index in [4.69, 9.17) is 16.7 Å². The van der Waals surface area contributed by atoms with Gasteiger partial charge in [-0.15, -0.1) is 11.6 Å². The van der Waals surface area contributed by atoms with Gasteiger partial charge in [0.2, 0.25) is 0 Å². The molecule has 11 heavy (non-hydrogen) atoms. The lowest BCUT2D eigenvalue weighted by Gasteiger charge is -2.05. The maximum Gasteiger partial charge on any atom is 0.0871 e. The lowest BCUT2D eigenvalue weighted by Crippen LogP contribution is -2.17. The van der Waals surface area contributed by atoms with E-state index < -0.39 is 6.10 Å². The van der Waals surface area contributed by atoms with Gasteiger partial charge in [0, 0.05) is 6.20 Å². The van der Waals surface area contributed by atoms with Crippen LogP contribution in [0.25, 0.3) is 0 Å². The van der Waals surface area contributed by atoms with Crippen molar-refractivity contribution >= 4 is 11.6 Å². The van der Waals surface area contributed by atoms with Crippen LogP contribution < -0.4 is 0 Å². The van der Waals surface area contributed by atoms with Crippen molar-refractivity contribution < 1.29 is 5.11 Å². The Morgan fingerprint density at radius 2 is 2.55 bits per heavy atom. The molecular weight excluding hydrogens is 164 g/mol. The van der Waals surface area contributed by atoms with Crippen LogP contribution in [0.1, 0.15) is 5.69 Å². The summed E-state index contributed by atoms with van der Waals surface area (Å²) in [6, 6.07) is 1.89. The summed E-state index contributed by atoms with van der Waals surface area (Å²) in [6.07, 6.45) is 1.32. The first kappa shape index (κ1) is 8.56. The zero-order valence-electron chi connectivity index (χ0n) is 6.37. The van der Waals surface area contributed by atoms with Crippen LogP contribution in [-0.2, 0) is 6.54 Å². The van der Waals surface area contributed by atoms with Crippen LogP contribution in [0, 0.1) is 6.92 Å². The molecule has 1 unspecified atom stereocenters. The predicted octanol–water partition coefficient (Wildman–Crippen LogP) is 0.791. The third kappa shape index (κ3) is 2.52. The van der Waals surface area contributed by atoms with E-state index in [0.717, 1.165) is 5.69 Å². The zero-order valence-corrected chi connectivity index (χ0v) is 7.12. The Labute approximate surface area is 70.6 Å². The minimum absolute atomic E-state index is 0.249. The van der Waals surface area contributed by atoms with Crippen LogP contribution in [0.15, 0.2) is 12.3 Å². The molecule has 0 radical (unpaired) electrons. The topological polar surface area (TPSA) is 38.0 Å². The van der Waals surface area contributed by atoms with E-state index in [1.165, 1.54) is 0 Å². The lowest BCUT2D eigenvalue weighted by atomic mass is 10.4. The minimum atomic E-state index is -0.504. The van der Waals surface area contributed by atoms with Crippen molar-refractivity contribution in [2.75, 3.05) is 5.88 Å². The molecule has 4 heteroatoms.